The predicted octanol–water partition coefficient (Wildman–Crippen LogP) is 3.29. The molecule has 0 aliphatic carbocycles. The number of carboxylic acid groups (broad SMARTS) is 1. The standard InChI is InChI=1S/C11H10ClN3O2/c12-10-6-8(2-1-5-14-15-13)3-4-9(10)7-11(16)17/h1-4,6H,5,7H2,(H,16,17). The maximum absolute atomic E-state index is 10.5. The number of benzene rings is 1. The molecule has 88 valence electrons. The van der Waals surface area contributed by atoms with Gasteiger partial charge in [0.05, 0.1) is 6.42 Å². The summed E-state index contributed by atoms with van der Waals surface area (Å²) in [6.45, 7) is 0.269. The number of rotatable bonds is 5. The van der Waals surface area contributed by atoms with E-state index in [1.807, 2.05) is 0 Å². The summed E-state index contributed by atoms with van der Waals surface area (Å²) in [4.78, 5) is 13.1. The van der Waals surface area contributed by atoms with Crippen LogP contribution in [-0.4, -0.2) is 17.6 Å². The second-order valence-corrected chi connectivity index (χ2v) is 3.64. The summed E-state index contributed by atoms with van der Waals surface area (Å²) in [5.74, 6) is -0.918. The molecule has 0 amide bonds. The number of aliphatic carboxylic acids is 1. The minimum atomic E-state index is -0.918. The Morgan fingerprint density at radius 3 is 2.94 bits per heavy atom. The van der Waals surface area contributed by atoms with Gasteiger partial charge >= 0.3 is 5.97 Å². The number of hydrogen-bond acceptors (Lipinski definition) is 2. The predicted molar refractivity (Wildman–Crippen MR) is 65.8 cm³/mol. The summed E-state index contributed by atoms with van der Waals surface area (Å²) < 4.78 is 0. The number of carbonyl (C=O) groups is 1. The molecule has 5 nitrogen and oxygen atoms in total. The molecular weight excluding hydrogens is 242 g/mol. The Kier molecular flexibility index (Phi) is 5.07. The van der Waals surface area contributed by atoms with Crippen LogP contribution in [0.25, 0.3) is 16.5 Å². The van der Waals surface area contributed by atoms with Gasteiger partial charge in [-0.1, -0.05) is 41.0 Å². The first-order chi connectivity index (χ1) is 8.13. The topological polar surface area (TPSA) is 86.1 Å². The molecule has 0 aliphatic rings. The van der Waals surface area contributed by atoms with Crippen LogP contribution in [0, 0.1) is 0 Å². The van der Waals surface area contributed by atoms with Gasteiger partial charge in [0.25, 0.3) is 0 Å². The summed E-state index contributed by atoms with van der Waals surface area (Å²) in [6, 6.07) is 5.10. The fourth-order valence-electron chi connectivity index (χ4n) is 1.25. The van der Waals surface area contributed by atoms with Crippen LogP contribution in [-0.2, 0) is 11.2 Å². The minimum absolute atomic E-state index is 0.0957. The minimum Gasteiger partial charge on any atom is -0.481 e. The van der Waals surface area contributed by atoms with E-state index in [0.29, 0.717) is 10.6 Å². The van der Waals surface area contributed by atoms with Crippen molar-refractivity contribution >= 4 is 23.6 Å². The number of hydrogen-bond donors (Lipinski definition) is 1. The van der Waals surface area contributed by atoms with E-state index in [2.05, 4.69) is 10.0 Å². The van der Waals surface area contributed by atoms with Crippen LogP contribution in [0.15, 0.2) is 29.4 Å². The van der Waals surface area contributed by atoms with Gasteiger partial charge in [-0.25, -0.2) is 0 Å². The van der Waals surface area contributed by atoms with Crippen molar-refractivity contribution in [2.75, 3.05) is 6.54 Å². The van der Waals surface area contributed by atoms with E-state index in [0.717, 1.165) is 5.56 Å². The summed E-state index contributed by atoms with van der Waals surface area (Å²) >= 11 is 5.93. The van der Waals surface area contributed by atoms with Crippen LogP contribution in [0.3, 0.4) is 0 Å². The van der Waals surface area contributed by atoms with Crippen LogP contribution < -0.4 is 0 Å². The van der Waals surface area contributed by atoms with E-state index in [1.54, 1.807) is 30.4 Å². The quantitative estimate of drug-likeness (QED) is 0.494. The van der Waals surface area contributed by atoms with Gasteiger partial charge in [-0.2, -0.15) is 0 Å². The second-order valence-electron chi connectivity index (χ2n) is 3.24. The Morgan fingerprint density at radius 1 is 1.59 bits per heavy atom. The van der Waals surface area contributed by atoms with Gasteiger partial charge in [0, 0.05) is 16.5 Å². The number of carboxylic acids is 1. The molecule has 0 aliphatic heterocycles. The van der Waals surface area contributed by atoms with Crippen molar-refractivity contribution in [1.29, 1.82) is 0 Å². The van der Waals surface area contributed by atoms with E-state index < -0.39 is 5.97 Å². The molecule has 0 saturated carbocycles. The van der Waals surface area contributed by atoms with Crippen LogP contribution in [0.1, 0.15) is 11.1 Å². The van der Waals surface area contributed by atoms with Crippen molar-refractivity contribution in [3.8, 4) is 0 Å². The Hall–Kier alpha value is -1.97. The van der Waals surface area contributed by atoms with Crippen molar-refractivity contribution < 1.29 is 9.90 Å². The van der Waals surface area contributed by atoms with Crippen molar-refractivity contribution in [3.63, 3.8) is 0 Å². The third-order valence-electron chi connectivity index (χ3n) is 1.98. The Balaban J connectivity index is 2.77. The Bertz CT molecular complexity index is 493. The maximum atomic E-state index is 10.5. The van der Waals surface area contributed by atoms with Crippen LogP contribution in [0.5, 0.6) is 0 Å². The van der Waals surface area contributed by atoms with E-state index in [1.165, 1.54) is 0 Å². The van der Waals surface area contributed by atoms with Gasteiger partial charge in [-0.15, -0.1) is 0 Å². The average Bonchev–Trinajstić information content (AvgIpc) is 2.27. The molecule has 6 heteroatoms. The van der Waals surface area contributed by atoms with Gasteiger partial charge in [0.2, 0.25) is 0 Å². The molecule has 0 spiro atoms. The molecule has 0 fully saturated rings. The molecule has 0 radical (unpaired) electrons. The fourth-order valence-corrected chi connectivity index (χ4v) is 1.50. The van der Waals surface area contributed by atoms with Crippen molar-refractivity contribution in [2.45, 2.75) is 6.42 Å². The van der Waals surface area contributed by atoms with Gasteiger partial charge in [-0.05, 0) is 22.7 Å². The zero-order valence-corrected chi connectivity index (χ0v) is 9.63. The lowest BCUT2D eigenvalue weighted by Gasteiger charge is -2.02. The molecule has 17 heavy (non-hydrogen) atoms. The van der Waals surface area contributed by atoms with E-state index in [-0.39, 0.29) is 13.0 Å². The molecule has 0 bridgehead atoms. The summed E-state index contributed by atoms with van der Waals surface area (Å²) in [6.07, 6.45) is 3.36. The zero-order chi connectivity index (χ0) is 12.7. The molecule has 0 unspecified atom stereocenters. The monoisotopic (exact) mass is 251 g/mol. The second kappa shape index (κ2) is 6.58. The van der Waals surface area contributed by atoms with E-state index in [9.17, 15) is 4.79 Å². The molecule has 1 N–H and O–H groups in total. The first kappa shape index (κ1) is 13.1. The lowest BCUT2D eigenvalue weighted by Crippen LogP contribution is -2.00. The van der Waals surface area contributed by atoms with Crippen molar-refractivity contribution in [2.24, 2.45) is 5.11 Å². The molecular formula is C11H10ClN3O2. The van der Waals surface area contributed by atoms with Crippen molar-refractivity contribution in [1.82, 2.24) is 0 Å². The SMILES string of the molecule is [N-]=[N+]=NCC=Cc1ccc(CC(=O)O)c(Cl)c1. The zero-order valence-electron chi connectivity index (χ0n) is 8.88. The number of azide groups is 1. The normalized spacial score (nSPS) is 10.2. The van der Waals surface area contributed by atoms with Crippen LogP contribution in [0.2, 0.25) is 5.02 Å². The molecule has 1 aromatic carbocycles. The highest BCUT2D eigenvalue weighted by Crippen LogP contribution is 2.19. The largest absolute Gasteiger partial charge is 0.481 e. The Morgan fingerprint density at radius 2 is 2.35 bits per heavy atom. The van der Waals surface area contributed by atoms with Gasteiger partial charge < -0.3 is 5.11 Å². The molecule has 0 heterocycles. The molecule has 0 saturated heterocycles. The molecule has 0 aromatic heterocycles. The summed E-state index contributed by atoms with van der Waals surface area (Å²) in [5, 5.41) is 12.4. The third kappa shape index (κ3) is 4.59. The van der Waals surface area contributed by atoms with Crippen LogP contribution >= 0.6 is 11.6 Å². The van der Waals surface area contributed by atoms with Gasteiger partial charge in [0.1, 0.15) is 0 Å². The highest BCUT2D eigenvalue weighted by atomic mass is 35.5. The average molecular weight is 252 g/mol. The lowest BCUT2D eigenvalue weighted by molar-refractivity contribution is -0.136. The first-order valence-electron chi connectivity index (χ1n) is 4.81. The third-order valence-corrected chi connectivity index (χ3v) is 2.33. The van der Waals surface area contributed by atoms with Gasteiger partial charge in [-0.3, -0.25) is 4.79 Å². The molecule has 1 rings (SSSR count). The lowest BCUT2D eigenvalue weighted by atomic mass is 10.1. The summed E-state index contributed by atoms with van der Waals surface area (Å²) in [5.41, 5.74) is 9.48. The highest BCUT2D eigenvalue weighted by Gasteiger charge is 2.05. The van der Waals surface area contributed by atoms with Crippen LogP contribution in [0.4, 0.5) is 0 Å². The van der Waals surface area contributed by atoms with Gasteiger partial charge in [0.15, 0.2) is 0 Å². The van der Waals surface area contributed by atoms with E-state index in [4.69, 9.17) is 22.2 Å². The molecule has 0 atom stereocenters. The van der Waals surface area contributed by atoms with E-state index >= 15 is 0 Å². The summed E-state index contributed by atoms with van der Waals surface area (Å²) in [7, 11) is 0. The maximum Gasteiger partial charge on any atom is 0.307 e. The number of nitrogens with zero attached hydrogens (tertiary/aromatic N) is 3. The fraction of sp³-hybridized carbons (Fsp3) is 0.182. The molecule has 1 aromatic rings. The first-order valence-corrected chi connectivity index (χ1v) is 5.19. The number of halogens is 1. The Labute approximate surface area is 103 Å². The van der Waals surface area contributed by atoms with Crippen molar-refractivity contribution in [3.05, 3.63) is 50.9 Å². The highest BCUT2D eigenvalue weighted by molar-refractivity contribution is 6.31. The smallest absolute Gasteiger partial charge is 0.307 e.